The Balaban J connectivity index is 0.000000500. The van der Waals surface area contributed by atoms with Gasteiger partial charge in [-0.05, 0) is 0 Å². The van der Waals surface area contributed by atoms with Gasteiger partial charge < -0.3 is 7.43 Å². The van der Waals surface area contributed by atoms with Crippen molar-refractivity contribution in [2.24, 2.45) is 0 Å². The number of hydrogen-bond acceptors (Lipinski definition) is 0. The molecule has 0 atom stereocenters. The smallest absolute Gasteiger partial charge is 0.358 e. The fraction of sp³-hybridized carbons (Fsp3) is 0. The monoisotopic (exact) mass is 185 g/mol. The molecule has 2 aromatic carbocycles. The minimum Gasteiger partial charge on any atom is -0.358 e. The molecule has 2 aromatic rings. The van der Waals surface area contributed by atoms with E-state index in [-0.39, 0.29) is 24.5 Å². The number of fused-ring (bicyclic) bond motifs is 1. The molecule has 0 spiro atoms. The van der Waals surface area contributed by atoms with E-state index < -0.39 is 0 Å². The summed E-state index contributed by atoms with van der Waals surface area (Å²) >= 11 is 0. The van der Waals surface area contributed by atoms with E-state index in [0.29, 0.717) is 0 Å². The van der Waals surface area contributed by atoms with Crippen molar-refractivity contribution >= 4 is 10.8 Å². The summed E-state index contributed by atoms with van der Waals surface area (Å²) in [6.45, 7) is 0. The molecule has 1 heteroatoms. The minimum atomic E-state index is 0. The van der Waals surface area contributed by atoms with Gasteiger partial charge in [0.1, 0.15) is 0 Å². The second kappa shape index (κ2) is 4.27. The third-order valence-electron chi connectivity index (χ3n) is 1.55. The Morgan fingerprint density at radius 1 is 1.00 bits per heavy atom. The molecule has 0 bridgehead atoms. The van der Waals surface area contributed by atoms with E-state index in [4.69, 9.17) is 0 Å². The Morgan fingerprint density at radius 2 is 1.73 bits per heavy atom. The van der Waals surface area contributed by atoms with Crippen molar-refractivity contribution in [2.75, 3.05) is 0 Å². The second-order valence-corrected chi connectivity index (χ2v) is 2.15. The van der Waals surface area contributed by atoms with Crippen molar-refractivity contribution in [2.45, 2.75) is 0 Å². The van der Waals surface area contributed by atoms with Gasteiger partial charge in [-0.15, -0.1) is 29.7 Å². The molecule has 0 amide bonds. The van der Waals surface area contributed by atoms with Crippen LogP contribution in [0.2, 0.25) is 0 Å². The first kappa shape index (κ1) is 10.3. The summed E-state index contributed by atoms with van der Waals surface area (Å²) in [5.41, 5.74) is 0. The van der Waals surface area contributed by atoms with Gasteiger partial charge in [-0.2, -0.15) is 17.5 Å². The van der Waals surface area contributed by atoms with Crippen molar-refractivity contribution < 1.29 is 17.1 Å². The molecule has 0 nitrogen and oxygen atoms in total. The predicted octanol–water partition coefficient (Wildman–Crippen LogP) is 3.01. The summed E-state index contributed by atoms with van der Waals surface area (Å²) < 4.78 is 0. The second-order valence-electron chi connectivity index (χ2n) is 2.15. The Labute approximate surface area is 78.1 Å². The summed E-state index contributed by atoms with van der Waals surface area (Å²) in [5.74, 6) is 0. The zero-order valence-electron chi connectivity index (χ0n) is 6.42. The fourth-order valence-electron chi connectivity index (χ4n) is 1.07. The van der Waals surface area contributed by atoms with Crippen LogP contribution < -0.4 is 0 Å². The molecule has 0 fully saturated rings. The van der Waals surface area contributed by atoms with Gasteiger partial charge in [-0.25, -0.2) is 0 Å². The van der Waals surface area contributed by atoms with E-state index in [2.05, 4.69) is 42.5 Å². The van der Waals surface area contributed by atoms with Crippen LogP contribution in [0.25, 0.3) is 10.8 Å². The van der Waals surface area contributed by atoms with Crippen molar-refractivity contribution in [3.63, 3.8) is 0 Å². The van der Waals surface area contributed by atoms with Crippen molar-refractivity contribution in [3.8, 4) is 0 Å². The van der Waals surface area contributed by atoms with E-state index in [9.17, 15) is 0 Å². The van der Waals surface area contributed by atoms with Crippen LogP contribution in [0, 0.1) is 7.43 Å². The normalized spacial score (nSPS) is 8.36. The van der Waals surface area contributed by atoms with Crippen LogP contribution >= 0.6 is 0 Å². The van der Waals surface area contributed by atoms with Gasteiger partial charge in [-0.3, -0.25) is 0 Å². The predicted molar refractivity (Wildman–Crippen MR) is 46.0 cm³/mol. The minimum absolute atomic E-state index is 0. The quantitative estimate of drug-likeness (QED) is 0.437. The van der Waals surface area contributed by atoms with Crippen LogP contribution in [0.15, 0.2) is 42.5 Å². The van der Waals surface area contributed by atoms with Crippen molar-refractivity contribution in [1.82, 2.24) is 0 Å². The van der Waals surface area contributed by atoms with Gasteiger partial charge in [-0.1, -0.05) is 6.07 Å². The summed E-state index contributed by atoms with van der Waals surface area (Å²) in [6.07, 6.45) is 0. The molecule has 0 saturated carbocycles. The van der Waals surface area contributed by atoms with Crippen LogP contribution in [0.4, 0.5) is 0 Å². The Morgan fingerprint density at radius 3 is 2.45 bits per heavy atom. The maximum absolute atomic E-state index is 2.12. The molecule has 1 radical (unpaired) electrons. The average molecular weight is 185 g/mol. The van der Waals surface area contributed by atoms with Crippen LogP contribution in [-0.4, -0.2) is 0 Å². The van der Waals surface area contributed by atoms with Crippen molar-refractivity contribution in [3.05, 3.63) is 49.9 Å². The summed E-state index contributed by atoms with van der Waals surface area (Å²) in [7, 11) is 0. The molecule has 0 unspecified atom stereocenters. The maximum atomic E-state index is 2.12. The topological polar surface area (TPSA) is 0 Å². The van der Waals surface area contributed by atoms with Gasteiger partial charge in [0.05, 0.1) is 0 Å². The van der Waals surface area contributed by atoms with E-state index in [1.807, 2.05) is 0 Å². The maximum Gasteiger partial charge on any atom is 2.00 e. The third-order valence-corrected chi connectivity index (χ3v) is 1.55. The van der Waals surface area contributed by atoms with Crippen LogP contribution in [0.3, 0.4) is 0 Å². The standard InChI is InChI=1S/C9H7.CH3.Mn/c1-2-5-9-7-3-6-8(9)4-1;;/h1-7H;1H3;/q2*-1;+2. The van der Waals surface area contributed by atoms with Crippen LogP contribution in [-0.2, 0) is 17.1 Å². The van der Waals surface area contributed by atoms with E-state index in [1.54, 1.807) is 0 Å². The summed E-state index contributed by atoms with van der Waals surface area (Å²) in [5, 5.41) is 2.66. The number of rotatable bonds is 0. The zero-order valence-corrected chi connectivity index (χ0v) is 7.60. The van der Waals surface area contributed by atoms with E-state index in [0.717, 1.165) is 0 Å². The molecule has 0 saturated heterocycles. The van der Waals surface area contributed by atoms with Gasteiger partial charge in [0.25, 0.3) is 0 Å². The van der Waals surface area contributed by atoms with Gasteiger partial charge in [0.15, 0.2) is 0 Å². The first-order valence-electron chi connectivity index (χ1n) is 3.07. The first-order chi connectivity index (χ1) is 4.47. The van der Waals surface area contributed by atoms with Gasteiger partial charge >= 0.3 is 17.1 Å². The number of benzene rings is 1. The first-order valence-corrected chi connectivity index (χ1v) is 3.07. The van der Waals surface area contributed by atoms with E-state index >= 15 is 0 Å². The average Bonchev–Trinajstić information content (AvgIpc) is 2.33. The molecule has 0 aliphatic rings. The third kappa shape index (κ3) is 1.89. The molecule has 0 N–H and O–H groups in total. The van der Waals surface area contributed by atoms with Gasteiger partial charge in [0, 0.05) is 0 Å². The zero-order chi connectivity index (χ0) is 6.10. The molecule has 0 heterocycles. The molecule has 0 aromatic heterocycles. The SMILES string of the molecule is [CH3-].[Mn+2].c1ccc2[cH-]ccc2c1. The molecule has 57 valence electrons. The van der Waals surface area contributed by atoms with Crippen LogP contribution in [0.5, 0.6) is 0 Å². The van der Waals surface area contributed by atoms with E-state index in [1.165, 1.54) is 10.8 Å². The molecule has 0 aliphatic carbocycles. The largest absolute Gasteiger partial charge is 2.00 e. The number of hydrogen-bond donors (Lipinski definition) is 0. The molecule has 2 rings (SSSR count). The Bertz CT molecular complexity index is 279. The Hall–Kier alpha value is -0.651. The molecular formula is C10H10Mn. The molecule has 0 aliphatic heterocycles. The molecular weight excluding hydrogens is 175 g/mol. The molecule has 11 heavy (non-hydrogen) atoms. The summed E-state index contributed by atoms with van der Waals surface area (Å²) in [4.78, 5) is 0. The van der Waals surface area contributed by atoms with Crippen molar-refractivity contribution in [1.29, 1.82) is 0 Å². The van der Waals surface area contributed by atoms with Gasteiger partial charge in [0.2, 0.25) is 0 Å². The summed E-state index contributed by atoms with van der Waals surface area (Å²) in [6, 6.07) is 14.7. The Kier molecular flexibility index (Phi) is 4.02. The van der Waals surface area contributed by atoms with Crippen LogP contribution in [0.1, 0.15) is 0 Å². The fourth-order valence-corrected chi connectivity index (χ4v) is 1.07.